The molecule has 5 rings (SSSR count). The summed E-state index contributed by atoms with van der Waals surface area (Å²) in [7, 11) is -3.79. The van der Waals surface area contributed by atoms with E-state index in [4.69, 9.17) is 0 Å². The summed E-state index contributed by atoms with van der Waals surface area (Å²) >= 11 is 0. The monoisotopic (exact) mass is 460 g/mol. The first kappa shape index (κ1) is 20.9. The van der Waals surface area contributed by atoms with Gasteiger partial charge in [0, 0.05) is 18.3 Å². The van der Waals surface area contributed by atoms with Crippen LogP contribution >= 0.6 is 0 Å². The highest BCUT2D eigenvalue weighted by atomic mass is 32.2. The van der Waals surface area contributed by atoms with Gasteiger partial charge in [-0.05, 0) is 62.9 Å². The van der Waals surface area contributed by atoms with E-state index in [9.17, 15) is 22.0 Å². The molecule has 2 fully saturated rings. The van der Waals surface area contributed by atoms with Crippen LogP contribution in [0.3, 0.4) is 0 Å². The van der Waals surface area contributed by atoms with Gasteiger partial charge in [-0.1, -0.05) is 0 Å². The number of amides is 1. The predicted octanol–water partition coefficient (Wildman–Crippen LogP) is 3.57. The highest BCUT2D eigenvalue weighted by Crippen LogP contribution is 2.42. The molecule has 0 spiro atoms. The SMILES string of the molecule is CC1(S(=O)(=O)NC(=O)c2cnc3ccc(N4CCC[C@@H]4c4cc(F)ccc4F)cn23)CC1. The maximum Gasteiger partial charge on any atom is 0.283 e. The lowest BCUT2D eigenvalue weighted by Gasteiger charge is -2.27. The van der Waals surface area contributed by atoms with Crippen molar-refractivity contribution in [1.29, 1.82) is 0 Å². The second-order valence-electron chi connectivity index (χ2n) is 8.66. The summed E-state index contributed by atoms with van der Waals surface area (Å²) in [5, 5.41) is 0. The van der Waals surface area contributed by atoms with E-state index >= 15 is 0 Å². The Morgan fingerprint density at radius 2 is 2.00 bits per heavy atom. The lowest BCUT2D eigenvalue weighted by Crippen LogP contribution is -2.38. The Kier molecular flexibility index (Phi) is 4.74. The summed E-state index contributed by atoms with van der Waals surface area (Å²) in [4.78, 5) is 18.9. The van der Waals surface area contributed by atoms with Crippen LogP contribution in [0.15, 0.2) is 42.7 Å². The zero-order valence-electron chi connectivity index (χ0n) is 17.4. The van der Waals surface area contributed by atoms with Crippen LogP contribution in [0.2, 0.25) is 0 Å². The number of fused-ring (bicyclic) bond motifs is 1. The smallest absolute Gasteiger partial charge is 0.283 e. The Morgan fingerprint density at radius 3 is 2.75 bits per heavy atom. The Labute approximate surface area is 184 Å². The number of carbonyl (C=O) groups is 1. The van der Waals surface area contributed by atoms with E-state index in [1.165, 1.54) is 16.7 Å². The van der Waals surface area contributed by atoms with E-state index in [0.29, 0.717) is 37.1 Å². The van der Waals surface area contributed by atoms with Crippen molar-refractivity contribution in [2.24, 2.45) is 0 Å². The van der Waals surface area contributed by atoms with Crippen LogP contribution in [0.5, 0.6) is 0 Å². The van der Waals surface area contributed by atoms with Crippen LogP contribution in [0.1, 0.15) is 54.7 Å². The lowest BCUT2D eigenvalue weighted by molar-refractivity contribution is 0.0975. The fourth-order valence-electron chi connectivity index (χ4n) is 4.22. The number of nitrogens with zero attached hydrogens (tertiary/aromatic N) is 3. The third-order valence-electron chi connectivity index (χ3n) is 6.45. The molecule has 0 radical (unpaired) electrons. The van der Waals surface area contributed by atoms with Gasteiger partial charge in [0.15, 0.2) is 0 Å². The van der Waals surface area contributed by atoms with Crippen LogP contribution in [0.25, 0.3) is 5.65 Å². The number of sulfonamides is 1. The first-order chi connectivity index (χ1) is 15.2. The van der Waals surface area contributed by atoms with Crippen molar-refractivity contribution in [1.82, 2.24) is 14.1 Å². The van der Waals surface area contributed by atoms with Crippen LogP contribution in [-0.2, 0) is 10.0 Å². The molecule has 1 saturated carbocycles. The molecule has 1 amide bonds. The van der Waals surface area contributed by atoms with E-state index in [1.54, 1.807) is 19.2 Å². The third-order valence-corrected chi connectivity index (χ3v) is 8.61. The summed E-state index contributed by atoms with van der Waals surface area (Å²) < 4.78 is 55.9. The number of carbonyl (C=O) groups excluding carboxylic acids is 1. The van der Waals surface area contributed by atoms with Crippen molar-refractivity contribution < 1.29 is 22.0 Å². The molecule has 2 aliphatic rings. The van der Waals surface area contributed by atoms with Gasteiger partial charge in [-0.3, -0.25) is 9.20 Å². The van der Waals surface area contributed by atoms with Crippen molar-refractivity contribution in [2.75, 3.05) is 11.4 Å². The van der Waals surface area contributed by atoms with Crippen molar-refractivity contribution in [3.8, 4) is 0 Å². The number of rotatable bonds is 5. The summed E-state index contributed by atoms with van der Waals surface area (Å²) in [6.07, 6.45) is 5.49. The molecule has 32 heavy (non-hydrogen) atoms. The molecule has 1 saturated heterocycles. The zero-order valence-corrected chi connectivity index (χ0v) is 18.2. The summed E-state index contributed by atoms with van der Waals surface area (Å²) in [6, 6.07) is 6.61. The fourth-order valence-corrected chi connectivity index (χ4v) is 5.45. The number of aromatic nitrogens is 2. The number of hydrogen-bond acceptors (Lipinski definition) is 5. The molecule has 1 N–H and O–H groups in total. The van der Waals surface area contributed by atoms with Crippen molar-refractivity contribution in [2.45, 2.75) is 43.4 Å². The Bertz CT molecular complexity index is 1330. The van der Waals surface area contributed by atoms with Crippen LogP contribution in [-0.4, -0.2) is 35.0 Å². The highest BCUT2D eigenvalue weighted by molar-refractivity contribution is 7.91. The number of imidazole rings is 1. The number of hydrogen-bond donors (Lipinski definition) is 1. The minimum absolute atomic E-state index is 0.0855. The fraction of sp³-hybridized carbons (Fsp3) is 0.364. The number of halogens is 2. The topological polar surface area (TPSA) is 83.8 Å². The van der Waals surface area contributed by atoms with Crippen LogP contribution < -0.4 is 9.62 Å². The maximum absolute atomic E-state index is 14.4. The molecule has 10 heteroatoms. The van der Waals surface area contributed by atoms with Gasteiger partial charge in [-0.2, -0.15) is 0 Å². The van der Waals surface area contributed by atoms with Gasteiger partial charge < -0.3 is 4.90 Å². The van der Waals surface area contributed by atoms with E-state index in [2.05, 4.69) is 9.71 Å². The second-order valence-corrected chi connectivity index (χ2v) is 10.9. The van der Waals surface area contributed by atoms with Gasteiger partial charge >= 0.3 is 0 Å². The van der Waals surface area contributed by atoms with E-state index < -0.39 is 32.3 Å². The van der Waals surface area contributed by atoms with Gasteiger partial charge in [0.05, 0.1) is 22.7 Å². The molecule has 1 atom stereocenters. The van der Waals surface area contributed by atoms with E-state index in [-0.39, 0.29) is 17.3 Å². The Morgan fingerprint density at radius 1 is 1.22 bits per heavy atom. The molecule has 0 unspecified atom stereocenters. The largest absolute Gasteiger partial charge is 0.363 e. The first-order valence-electron chi connectivity index (χ1n) is 10.4. The predicted molar refractivity (Wildman–Crippen MR) is 115 cm³/mol. The van der Waals surface area contributed by atoms with E-state index in [1.807, 2.05) is 11.0 Å². The minimum Gasteiger partial charge on any atom is -0.363 e. The van der Waals surface area contributed by atoms with Gasteiger partial charge in [0.2, 0.25) is 10.0 Å². The summed E-state index contributed by atoms with van der Waals surface area (Å²) in [5.74, 6) is -1.72. The molecule has 0 bridgehead atoms. The molecule has 3 aromatic rings. The molecule has 3 heterocycles. The van der Waals surface area contributed by atoms with Crippen LogP contribution in [0, 0.1) is 11.6 Å². The number of nitrogens with one attached hydrogen (secondary N) is 1. The lowest BCUT2D eigenvalue weighted by atomic mass is 10.0. The maximum atomic E-state index is 14.4. The molecule has 1 aromatic carbocycles. The quantitative estimate of drug-likeness (QED) is 0.630. The molecule has 2 aromatic heterocycles. The molecular weight excluding hydrogens is 438 g/mol. The van der Waals surface area contributed by atoms with Gasteiger partial charge in [-0.15, -0.1) is 0 Å². The molecule has 1 aliphatic heterocycles. The van der Waals surface area contributed by atoms with Gasteiger partial charge in [-0.25, -0.2) is 26.9 Å². The van der Waals surface area contributed by atoms with Crippen molar-refractivity contribution in [3.63, 3.8) is 0 Å². The average Bonchev–Trinajstić information content (AvgIpc) is 3.16. The molecule has 7 nitrogen and oxygen atoms in total. The van der Waals surface area contributed by atoms with Crippen molar-refractivity contribution in [3.05, 3.63) is 65.6 Å². The molecule has 168 valence electrons. The Hall–Kier alpha value is -3.01. The summed E-state index contributed by atoms with van der Waals surface area (Å²) in [5.41, 5.74) is 1.55. The number of benzene rings is 1. The third kappa shape index (κ3) is 3.42. The van der Waals surface area contributed by atoms with Gasteiger partial charge in [0.1, 0.15) is 23.0 Å². The number of pyridine rings is 1. The highest BCUT2D eigenvalue weighted by Gasteiger charge is 2.51. The Balaban J connectivity index is 1.48. The van der Waals surface area contributed by atoms with Crippen LogP contribution in [0.4, 0.5) is 14.5 Å². The average molecular weight is 461 g/mol. The standard InChI is InChI=1S/C22H22F2N4O3S/c1-22(8-9-22)32(30,31)26-21(29)19-12-25-20-7-5-15(13-28(19)20)27-10-2-3-18(27)16-11-14(23)4-6-17(16)24/h4-7,11-13,18H,2-3,8-10H2,1H3,(H,26,29)/t18-/m1/s1. The summed E-state index contributed by atoms with van der Waals surface area (Å²) in [6.45, 7) is 2.24. The molecule has 1 aliphatic carbocycles. The normalized spacial score (nSPS) is 20.0. The zero-order chi connectivity index (χ0) is 22.7. The number of anilines is 1. The first-order valence-corrected chi connectivity index (χ1v) is 11.9. The van der Waals surface area contributed by atoms with Crippen molar-refractivity contribution >= 4 is 27.3 Å². The van der Waals surface area contributed by atoms with Gasteiger partial charge in [0.25, 0.3) is 5.91 Å². The second kappa shape index (κ2) is 7.26. The van der Waals surface area contributed by atoms with E-state index in [0.717, 1.165) is 18.6 Å². The molecular formula is C22H22F2N4O3S. The minimum atomic E-state index is -3.79.